The molecule has 7 nitrogen and oxygen atoms in total. The van der Waals surface area contributed by atoms with Gasteiger partial charge in [0, 0.05) is 57.3 Å². The maximum Gasteiger partial charge on any atom is 0.276 e. The van der Waals surface area contributed by atoms with Crippen molar-refractivity contribution in [2.75, 3.05) is 26.2 Å². The number of aromatic nitrogens is 2. The summed E-state index contributed by atoms with van der Waals surface area (Å²) in [6.45, 7) is 4.86. The molecule has 4 rings (SSSR count). The number of carbonyl (C=O) groups is 2. The largest absolute Gasteiger partial charge is 0.448 e. The highest BCUT2D eigenvalue weighted by atomic mass is 16.3. The van der Waals surface area contributed by atoms with E-state index in [1.54, 1.807) is 6.20 Å². The van der Waals surface area contributed by atoms with Crippen LogP contribution in [0.3, 0.4) is 0 Å². The quantitative estimate of drug-likeness (QED) is 0.776. The van der Waals surface area contributed by atoms with E-state index in [1.807, 2.05) is 34.9 Å². The fourth-order valence-corrected chi connectivity index (χ4v) is 4.54. The minimum absolute atomic E-state index is 0.0376. The van der Waals surface area contributed by atoms with Crippen molar-refractivity contribution in [1.82, 2.24) is 19.8 Å². The molecule has 29 heavy (non-hydrogen) atoms. The predicted molar refractivity (Wildman–Crippen MR) is 107 cm³/mol. The molecule has 2 aromatic rings. The number of amides is 2. The first-order valence-electron chi connectivity index (χ1n) is 10.5. The number of rotatable bonds is 5. The molecule has 2 amide bonds. The first-order chi connectivity index (χ1) is 14.1. The van der Waals surface area contributed by atoms with Crippen molar-refractivity contribution in [3.8, 4) is 0 Å². The Balaban J connectivity index is 1.36. The van der Waals surface area contributed by atoms with Gasteiger partial charge in [-0.1, -0.05) is 13.0 Å². The van der Waals surface area contributed by atoms with Crippen LogP contribution in [0, 0.1) is 5.41 Å². The molecule has 154 valence electrons. The van der Waals surface area contributed by atoms with E-state index in [9.17, 15) is 9.59 Å². The van der Waals surface area contributed by atoms with Crippen molar-refractivity contribution in [3.05, 3.63) is 47.9 Å². The van der Waals surface area contributed by atoms with Gasteiger partial charge in [0.2, 0.25) is 5.91 Å². The maximum absolute atomic E-state index is 12.8. The third-order valence-electron chi connectivity index (χ3n) is 6.39. The van der Waals surface area contributed by atoms with Gasteiger partial charge in [0.25, 0.3) is 5.91 Å². The summed E-state index contributed by atoms with van der Waals surface area (Å²) >= 11 is 0. The Kier molecular flexibility index (Phi) is 5.65. The topological polar surface area (TPSA) is 79.5 Å². The van der Waals surface area contributed by atoms with Gasteiger partial charge >= 0.3 is 0 Å². The Labute approximate surface area is 171 Å². The van der Waals surface area contributed by atoms with E-state index < -0.39 is 0 Å². The molecule has 0 unspecified atom stereocenters. The fourth-order valence-electron chi connectivity index (χ4n) is 4.54. The Bertz CT molecular complexity index is 856. The highest BCUT2D eigenvalue weighted by Crippen LogP contribution is 2.40. The monoisotopic (exact) mass is 396 g/mol. The number of nitrogens with zero attached hydrogens (tertiary/aromatic N) is 4. The number of oxazole rings is 1. The minimum Gasteiger partial charge on any atom is -0.448 e. The number of likely N-dealkylation sites (tertiary alicyclic amines) is 2. The molecule has 2 saturated heterocycles. The lowest BCUT2D eigenvalue weighted by Gasteiger charge is -2.47. The van der Waals surface area contributed by atoms with Crippen LogP contribution in [0.2, 0.25) is 0 Å². The lowest BCUT2D eigenvalue weighted by molar-refractivity contribution is -0.138. The first kappa shape index (κ1) is 19.6. The highest BCUT2D eigenvalue weighted by molar-refractivity contribution is 5.93. The Morgan fingerprint density at radius 2 is 2.03 bits per heavy atom. The molecule has 0 radical (unpaired) electrons. The molecule has 2 aliphatic rings. The number of pyridine rings is 1. The third kappa shape index (κ3) is 4.18. The second kappa shape index (κ2) is 8.35. The molecular formula is C22H28N4O3. The van der Waals surface area contributed by atoms with E-state index in [4.69, 9.17) is 4.42 Å². The number of piperidine rings is 2. The van der Waals surface area contributed by atoms with E-state index in [0.717, 1.165) is 37.9 Å². The van der Waals surface area contributed by atoms with E-state index in [-0.39, 0.29) is 17.2 Å². The fraction of sp³-hybridized carbons (Fsp3) is 0.545. The third-order valence-corrected chi connectivity index (χ3v) is 6.39. The first-order valence-corrected chi connectivity index (χ1v) is 10.5. The van der Waals surface area contributed by atoms with Crippen LogP contribution in [-0.4, -0.2) is 57.8 Å². The van der Waals surface area contributed by atoms with E-state index in [0.29, 0.717) is 43.9 Å². The summed E-state index contributed by atoms with van der Waals surface area (Å²) in [7, 11) is 0. The number of carbonyl (C=O) groups excluding carboxylic acids is 2. The van der Waals surface area contributed by atoms with Gasteiger partial charge in [-0.05, 0) is 36.8 Å². The van der Waals surface area contributed by atoms with Crippen molar-refractivity contribution < 1.29 is 14.0 Å². The molecule has 0 aromatic carbocycles. The summed E-state index contributed by atoms with van der Waals surface area (Å²) in [5.74, 6) is 0.851. The second-order valence-corrected chi connectivity index (χ2v) is 8.16. The molecule has 0 aliphatic carbocycles. The molecule has 0 atom stereocenters. The van der Waals surface area contributed by atoms with Crippen LogP contribution in [0.1, 0.15) is 54.5 Å². The minimum atomic E-state index is -0.0376. The zero-order valence-corrected chi connectivity index (χ0v) is 17.0. The standard InChI is InChI=1S/C22H28N4O3/c1-2-18-20(24-16-29-18)21(28)25-13-9-22(10-14-25)8-6-19(27)26(15-22)12-7-17-5-3-4-11-23-17/h3-5,11,16H,2,6-10,12-15H2,1H3. The van der Waals surface area contributed by atoms with Crippen LogP contribution in [0.25, 0.3) is 0 Å². The Morgan fingerprint density at radius 3 is 2.76 bits per heavy atom. The summed E-state index contributed by atoms with van der Waals surface area (Å²) in [6.07, 6.45) is 7.93. The van der Waals surface area contributed by atoms with E-state index >= 15 is 0 Å². The maximum atomic E-state index is 12.8. The summed E-state index contributed by atoms with van der Waals surface area (Å²) < 4.78 is 5.32. The Hall–Kier alpha value is -2.70. The van der Waals surface area contributed by atoms with Crippen LogP contribution in [0.5, 0.6) is 0 Å². The molecule has 2 aromatic heterocycles. The van der Waals surface area contributed by atoms with Crippen LogP contribution in [-0.2, 0) is 17.6 Å². The van der Waals surface area contributed by atoms with Crippen LogP contribution < -0.4 is 0 Å². The summed E-state index contributed by atoms with van der Waals surface area (Å²) in [4.78, 5) is 37.7. The smallest absolute Gasteiger partial charge is 0.276 e. The van der Waals surface area contributed by atoms with Crippen molar-refractivity contribution in [1.29, 1.82) is 0 Å². The van der Waals surface area contributed by atoms with Crippen molar-refractivity contribution >= 4 is 11.8 Å². The van der Waals surface area contributed by atoms with E-state index in [2.05, 4.69) is 9.97 Å². The van der Waals surface area contributed by atoms with Crippen LogP contribution in [0.4, 0.5) is 0 Å². The highest BCUT2D eigenvalue weighted by Gasteiger charge is 2.42. The number of hydrogen-bond donors (Lipinski definition) is 0. The predicted octanol–water partition coefficient (Wildman–Crippen LogP) is 2.72. The zero-order chi connectivity index (χ0) is 20.3. The molecule has 4 heterocycles. The van der Waals surface area contributed by atoms with Gasteiger partial charge in [-0.3, -0.25) is 14.6 Å². The number of aryl methyl sites for hydroxylation is 1. The normalized spacial score (nSPS) is 19.0. The lowest BCUT2D eigenvalue weighted by Crippen LogP contribution is -2.52. The molecular weight excluding hydrogens is 368 g/mol. The van der Waals surface area contributed by atoms with Crippen molar-refractivity contribution in [2.24, 2.45) is 5.41 Å². The Morgan fingerprint density at radius 1 is 1.21 bits per heavy atom. The van der Waals surface area contributed by atoms with Gasteiger partial charge in [-0.15, -0.1) is 0 Å². The summed E-state index contributed by atoms with van der Waals surface area (Å²) in [6, 6.07) is 5.89. The average molecular weight is 396 g/mol. The SMILES string of the molecule is CCc1ocnc1C(=O)N1CCC2(CCC(=O)N(CCc3ccccn3)C2)CC1. The molecule has 0 saturated carbocycles. The van der Waals surface area contributed by atoms with Gasteiger partial charge in [0.1, 0.15) is 5.76 Å². The summed E-state index contributed by atoms with van der Waals surface area (Å²) in [5.41, 5.74) is 1.57. The van der Waals surface area contributed by atoms with Gasteiger partial charge < -0.3 is 14.2 Å². The van der Waals surface area contributed by atoms with Crippen molar-refractivity contribution in [2.45, 2.75) is 45.4 Å². The summed E-state index contributed by atoms with van der Waals surface area (Å²) in [5, 5.41) is 0. The molecule has 0 bridgehead atoms. The van der Waals surface area contributed by atoms with Gasteiger partial charge in [-0.2, -0.15) is 0 Å². The van der Waals surface area contributed by atoms with Gasteiger partial charge in [0.15, 0.2) is 12.1 Å². The number of hydrogen-bond acceptors (Lipinski definition) is 5. The van der Waals surface area contributed by atoms with Gasteiger partial charge in [-0.25, -0.2) is 4.98 Å². The average Bonchev–Trinajstić information content (AvgIpc) is 3.24. The molecule has 0 N–H and O–H groups in total. The van der Waals surface area contributed by atoms with Crippen LogP contribution in [0.15, 0.2) is 35.2 Å². The zero-order valence-electron chi connectivity index (χ0n) is 17.0. The van der Waals surface area contributed by atoms with Crippen LogP contribution >= 0.6 is 0 Å². The van der Waals surface area contributed by atoms with E-state index in [1.165, 1.54) is 6.39 Å². The molecule has 7 heteroatoms. The second-order valence-electron chi connectivity index (χ2n) is 8.16. The molecule has 2 fully saturated rings. The molecule has 1 spiro atoms. The lowest BCUT2D eigenvalue weighted by atomic mass is 9.72. The molecule has 2 aliphatic heterocycles. The van der Waals surface area contributed by atoms with Gasteiger partial charge in [0.05, 0.1) is 0 Å². The van der Waals surface area contributed by atoms with Crippen molar-refractivity contribution in [3.63, 3.8) is 0 Å².